The average molecular weight is 402 g/mol. The molecule has 7 nitrogen and oxygen atoms in total. The van der Waals surface area contributed by atoms with Gasteiger partial charge in [0.05, 0.1) is 17.9 Å². The van der Waals surface area contributed by atoms with Gasteiger partial charge in [-0.05, 0) is 35.9 Å². The maximum absolute atomic E-state index is 13.6. The molecule has 0 spiro atoms. The number of nitrogens with one attached hydrogen (secondary N) is 1. The molecule has 0 saturated carbocycles. The summed E-state index contributed by atoms with van der Waals surface area (Å²) in [6.07, 6.45) is 3.83. The van der Waals surface area contributed by atoms with Gasteiger partial charge in [0.25, 0.3) is 0 Å². The van der Waals surface area contributed by atoms with E-state index in [1.54, 1.807) is 24.3 Å². The second kappa shape index (κ2) is 6.66. The van der Waals surface area contributed by atoms with Crippen LogP contribution in [-0.4, -0.2) is 35.7 Å². The number of ether oxygens (including phenoxy) is 1. The van der Waals surface area contributed by atoms with Crippen LogP contribution in [-0.2, 0) is 14.4 Å². The van der Waals surface area contributed by atoms with Gasteiger partial charge in [-0.1, -0.05) is 30.4 Å². The number of fused-ring (bicyclic) bond motifs is 5. The molecule has 0 aliphatic carbocycles. The van der Waals surface area contributed by atoms with E-state index >= 15 is 0 Å². The minimum absolute atomic E-state index is 0.253. The summed E-state index contributed by atoms with van der Waals surface area (Å²) in [5, 5.41) is 2.39. The molecule has 4 atom stereocenters. The number of nitrogens with zero attached hydrogens (tertiary/aromatic N) is 1. The minimum atomic E-state index is -0.808. The highest BCUT2D eigenvalue weighted by Crippen LogP contribution is 2.46. The van der Waals surface area contributed by atoms with Crippen molar-refractivity contribution in [2.45, 2.75) is 19.0 Å². The summed E-state index contributed by atoms with van der Waals surface area (Å²) in [5.74, 6) is -2.51. The fraction of sp³-hybridized carbons (Fsp3) is 0.217. The zero-order valence-corrected chi connectivity index (χ0v) is 16.1. The number of carbonyl (C=O) groups excluding carboxylic acids is 4. The second-order valence-corrected chi connectivity index (χ2v) is 7.65. The van der Waals surface area contributed by atoms with Gasteiger partial charge in [0.2, 0.25) is 11.8 Å². The third-order valence-electron chi connectivity index (χ3n) is 5.92. The Morgan fingerprint density at radius 2 is 1.67 bits per heavy atom. The second-order valence-electron chi connectivity index (χ2n) is 7.65. The lowest BCUT2D eigenvalue weighted by molar-refractivity contribution is -0.132. The first-order valence-corrected chi connectivity index (χ1v) is 9.68. The Balaban J connectivity index is 1.57. The molecule has 3 aliphatic rings. The first kappa shape index (κ1) is 18.3. The van der Waals surface area contributed by atoms with Gasteiger partial charge in [-0.2, -0.15) is 0 Å². The van der Waals surface area contributed by atoms with Crippen molar-refractivity contribution in [2.75, 3.05) is 4.90 Å². The molecule has 2 aromatic carbocycles. The van der Waals surface area contributed by atoms with Gasteiger partial charge >= 0.3 is 5.97 Å². The van der Waals surface area contributed by atoms with Crippen molar-refractivity contribution in [3.05, 3.63) is 65.7 Å². The third-order valence-corrected chi connectivity index (χ3v) is 5.92. The number of carbonyl (C=O) groups is 4. The molecule has 0 radical (unpaired) electrons. The molecule has 0 bridgehead atoms. The quantitative estimate of drug-likeness (QED) is 0.365. The first-order chi connectivity index (χ1) is 14.5. The zero-order chi connectivity index (χ0) is 21.0. The lowest BCUT2D eigenvalue weighted by atomic mass is 9.86. The van der Waals surface area contributed by atoms with Crippen LogP contribution in [0.5, 0.6) is 5.75 Å². The van der Waals surface area contributed by atoms with Crippen molar-refractivity contribution in [1.82, 2.24) is 5.32 Å². The lowest BCUT2D eigenvalue weighted by Crippen LogP contribution is -2.47. The van der Waals surface area contributed by atoms with Crippen molar-refractivity contribution < 1.29 is 23.9 Å². The number of esters is 1. The fourth-order valence-electron chi connectivity index (χ4n) is 4.76. The summed E-state index contributed by atoms with van der Waals surface area (Å²) >= 11 is 0. The molecule has 7 heteroatoms. The molecular formula is C23H18N2O5. The maximum atomic E-state index is 13.6. The van der Waals surface area contributed by atoms with Crippen LogP contribution in [0.4, 0.5) is 5.69 Å². The van der Waals surface area contributed by atoms with Crippen LogP contribution in [0.1, 0.15) is 22.8 Å². The number of amides is 2. The van der Waals surface area contributed by atoms with Crippen molar-refractivity contribution >= 4 is 35.3 Å². The van der Waals surface area contributed by atoms with Gasteiger partial charge in [-0.25, -0.2) is 0 Å². The van der Waals surface area contributed by atoms with E-state index in [0.717, 1.165) is 11.3 Å². The standard InChI is InChI=1S/C23H18N2O5/c1-12(26)30-15-9-6-14(7-10-15)21(27)20-19-18(22(28)24-23(19)29)17-11-8-13-4-2-3-5-16(13)25(17)20/h2-11,17-20H,1H3,(H,24,28,29)/t17-,18-,19-,20-/m0/s1. The highest BCUT2D eigenvalue weighted by molar-refractivity contribution is 6.14. The third kappa shape index (κ3) is 2.66. The van der Waals surface area contributed by atoms with Crippen LogP contribution in [0.2, 0.25) is 0 Å². The van der Waals surface area contributed by atoms with E-state index in [-0.39, 0.29) is 17.7 Å². The number of benzene rings is 2. The Kier molecular flexibility index (Phi) is 4.06. The van der Waals surface area contributed by atoms with Gasteiger partial charge in [-0.3, -0.25) is 24.5 Å². The van der Waals surface area contributed by atoms with Crippen LogP contribution in [0.15, 0.2) is 54.6 Å². The molecule has 3 heterocycles. The molecule has 0 aromatic heterocycles. The van der Waals surface area contributed by atoms with E-state index in [1.165, 1.54) is 6.92 Å². The molecule has 2 amide bonds. The average Bonchev–Trinajstić information content (AvgIpc) is 3.23. The van der Waals surface area contributed by atoms with Crippen LogP contribution in [0, 0.1) is 11.8 Å². The Labute approximate surface area is 172 Å². The summed E-state index contributed by atoms with van der Waals surface area (Å²) in [7, 11) is 0. The largest absolute Gasteiger partial charge is 0.427 e. The van der Waals surface area contributed by atoms with Crippen LogP contribution in [0.3, 0.4) is 0 Å². The monoisotopic (exact) mass is 402 g/mol. The molecule has 2 aromatic rings. The van der Waals surface area contributed by atoms with E-state index in [9.17, 15) is 19.2 Å². The number of rotatable bonds is 3. The summed E-state index contributed by atoms with van der Waals surface area (Å²) in [5.41, 5.74) is 2.15. The van der Waals surface area contributed by atoms with E-state index in [2.05, 4.69) is 5.32 Å². The Bertz CT molecular complexity index is 1120. The Morgan fingerprint density at radius 1 is 0.967 bits per heavy atom. The topological polar surface area (TPSA) is 92.8 Å². The van der Waals surface area contributed by atoms with E-state index in [0.29, 0.717) is 11.3 Å². The normalized spacial score (nSPS) is 26.0. The van der Waals surface area contributed by atoms with Gasteiger partial charge in [-0.15, -0.1) is 0 Å². The van der Waals surface area contributed by atoms with E-state index in [1.807, 2.05) is 41.3 Å². The molecule has 150 valence electrons. The van der Waals surface area contributed by atoms with Gasteiger partial charge in [0.1, 0.15) is 11.8 Å². The first-order valence-electron chi connectivity index (χ1n) is 9.68. The number of anilines is 1. The number of ketones is 1. The SMILES string of the molecule is CC(=O)Oc1ccc(C(=O)[C@@H]2[C@H]3C(=O)NC(=O)[C@H]3[C@@H]3C=Cc4ccccc4N23)cc1. The highest BCUT2D eigenvalue weighted by Gasteiger charge is 2.61. The van der Waals surface area contributed by atoms with E-state index in [4.69, 9.17) is 4.74 Å². The number of hydrogen-bond acceptors (Lipinski definition) is 6. The van der Waals surface area contributed by atoms with Gasteiger partial charge < -0.3 is 9.64 Å². The zero-order valence-electron chi connectivity index (χ0n) is 16.1. The van der Waals surface area contributed by atoms with Crippen molar-refractivity contribution in [2.24, 2.45) is 11.8 Å². The van der Waals surface area contributed by atoms with E-state index < -0.39 is 29.8 Å². The predicted octanol–water partition coefficient (Wildman–Crippen LogP) is 1.97. The molecule has 5 rings (SSSR count). The number of imide groups is 1. The molecule has 0 unspecified atom stereocenters. The molecule has 3 aliphatic heterocycles. The van der Waals surface area contributed by atoms with Crippen LogP contribution in [0.25, 0.3) is 6.08 Å². The Morgan fingerprint density at radius 3 is 2.40 bits per heavy atom. The molecule has 1 N–H and O–H groups in total. The molecular weight excluding hydrogens is 384 g/mol. The van der Waals surface area contributed by atoms with Crippen molar-refractivity contribution in [1.29, 1.82) is 0 Å². The van der Waals surface area contributed by atoms with Crippen molar-refractivity contribution in [3.8, 4) is 5.75 Å². The number of hydrogen-bond donors (Lipinski definition) is 1. The van der Waals surface area contributed by atoms with Crippen LogP contribution >= 0.6 is 0 Å². The summed E-state index contributed by atoms with van der Waals surface area (Å²) < 4.78 is 5.03. The van der Waals surface area contributed by atoms with Crippen LogP contribution < -0.4 is 15.0 Å². The predicted molar refractivity (Wildman–Crippen MR) is 108 cm³/mol. The maximum Gasteiger partial charge on any atom is 0.308 e. The fourth-order valence-corrected chi connectivity index (χ4v) is 4.76. The van der Waals surface area contributed by atoms with Gasteiger partial charge in [0.15, 0.2) is 5.78 Å². The van der Waals surface area contributed by atoms with Gasteiger partial charge in [0, 0.05) is 18.2 Å². The summed E-state index contributed by atoms with van der Waals surface area (Å²) in [6.45, 7) is 1.30. The highest BCUT2D eigenvalue weighted by atomic mass is 16.5. The smallest absolute Gasteiger partial charge is 0.308 e. The molecule has 2 fully saturated rings. The number of para-hydroxylation sites is 1. The number of Topliss-reactive ketones (excluding diaryl/α,β-unsaturated/α-hetero) is 1. The molecule has 30 heavy (non-hydrogen) atoms. The lowest BCUT2D eigenvalue weighted by Gasteiger charge is -2.35. The summed E-state index contributed by atoms with van der Waals surface area (Å²) in [4.78, 5) is 51.8. The molecule has 2 saturated heterocycles. The Hall–Kier alpha value is -3.74. The minimum Gasteiger partial charge on any atom is -0.427 e. The van der Waals surface area contributed by atoms with Crippen molar-refractivity contribution in [3.63, 3.8) is 0 Å². The summed E-state index contributed by atoms with van der Waals surface area (Å²) in [6, 6.07) is 12.7.